The predicted octanol–water partition coefficient (Wildman–Crippen LogP) is 2.55. The van der Waals surface area contributed by atoms with E-state index in [9.17, 15) is 0 Å². The summed E-state index contributed by atoms with van der Waals surface area (Å²) in [5.41, 5.74) is 8.51. The monoisotopic (exact) mass is 282 g/mol. The largest absolute Gasteiger partial charge is 0.330 e. The van der Waals surface area contributed by atoms with Crippen molar-refractivity contribution in [1.82, 2.24) is 4.90 Å². The van der Waals surface area contributed by atoms with Crippen LogP contribution in [0.2, 0.25) is 0 Å². The molecule has 0 radical (unpaired) electrons. The SMILES string of the molecule is NCCCCN1CCc2ccc(Br)cc2C1. The minimum absolute atomic E-state index is 0.815. The van der Waals surface area contributed by atoms with Crippen molar-refractivity contribution in [1.29, 1.82) is 0 Å². The number of nitrogens with two attached hydrogens (primary N) is 1. The van der Waals surface area contributed by atoms with E-state index in [1.54, 1.807) is 0 Å². The normalized spacial score (nSPS) is 16.1. The summed E-state index contributed by atoms with van der Waals surface area (Å²) in [6.07, 6.45) is 3.55. The van der Waals surface area contributed by atoms with Crippen LogP contribution in [-0.2, 0) is 13.0 Å². The topological polar surface area (TPSA) is 29.3 Å². The number of hydrogen-bond donors (Lipinski definition) is 1. The van der Waals surface area contributed by atoms with E-state index < -0.39 is 0 Å². The molecule has 2 rings (SSSR count). The maximum absolute atomic E-state index is 5.52. The van der Waals surface area contributed by atoms with Crippen LogP contribution in [0.4, 0.5) is 0 Å². The summed E-state index contributed by atoms with van der Waals surface area (Å²) in [4.78, 5) is 2.53. The number of benzene rings is 1. The average molecular weight is 283 g/mol. The molecule has 88 valence electrons. The summed E-state index contributed by atoms with van der Waals surface area (Å²) >= 11 is 3.54. The van der Waals surface area contributed by atoms with Gasteiger partial charge in [0.25, 0.3) is 0 Å². The third-order valence-electron chi connectivity index (χ3n) is 3.19. The van der Waals surface area contributed by atoms with Gasteiger partial charge in [0.15, 0.2) is 0 Å². The number of rotatable bonds is 4. The van der Waals surface area contributed by atoms with Crippen LogP contribution in [0.5, 0.6) is 0 Å². The first kappa shape index (κ1) is 12.1. The number of nitrogens with zero attached hydrogens (tertiary/aromatic N) is 1. The zero-order chi connectivity index (χ0) is 11.4. The molecule has 1 aliphatic heterocycles. The van der Waals surface area contributed by atoms with Gasteiger partial charge in [-0.2, -0.15) is 0 Å². The lowest BCUT2D eigenvalue weighted by Crippen LogP contribution is -2.31. The molecule has 0 fully saturated rings. The van der Waals surface area contributed by atoms with E-state index in [1.807, 2.05) is 0 Å². The highest BCUT2D eigenvalue weighted by Gasteiger charge is 2.15. The minimum Gasteiger partial charge on any atom is -0.330 e. The zero-order valence-electron chi connectivity index (χ0n) is 9.58. The number of fused-ring (bicyclic) bond motifs is 1. The second-order valence-electron chi connectivity index (χ2n) is 4.43. The molecule has 2 nitrogen and oxygen atoms in total. The second-order valence-corrected chi connectivity index (χ2v) is 5.35. The van der Waals surface area contributed by atoms with Gasteiger partial charge in [0.2, 0.25) is 0 Å². The van der Waals surface area contributed by atoms with Crippen LogP contribution < -0.4 is 5.73 Å². The molecule has 16 heavy (non-hydrogen) atoms. The fourth-order valence-corrected chi connectivity index (χ4v) is 2.66. The Labute approximate surface area is 106 Å². The van der Waals surface area contributed by atoms with E-state index in [2.05, 4.69) is 39.0 Å². The van der Waals surface area contributed by atoms with Gasteiger partial charge in [-0.1, -0.05) is 22.0 Å². The second kappa shape index (κ2) is 5.80. The first-order valence-corrected chi connectivity index (χ1v) is 6.78. The lowest BCUT2D eigenvalue weighted by atomic mass is 10.00. The van der Waals surface area contributed by atoms with Gasteiger partial charge in [-0.05, 0) is 55.6 Å². The maximum Gasteiger partial charge on any atom is 0.0237 e. The minimum atomic E-state index is 0.815. The van der Waals surface area contributed by atoms with Crippen LogP contribution in [0.1, 0.15) is 24.0 Å². The Morgan fingerprint density at radius 3 is 2.94 bits per heavy atom. The molecular weight excluding hydrogens is 264 g/mol. The Bertz CT molecular complexity index is 352. The fourth-order valence-electron chi connectivity index (χ4n) is 2.25. The highest BCUT2D eigenvalue weighted by atomic mass is 79.9. The van der Waals surface area contributed by atoms with Crippen LogP contribution in [-0.4, -0.2) is 24.5 Å². The smallest absolute Gasteiger partial charge is 0.0237 e. The van der Waals surface area contributed by atoms with Gasteiger partial charge in [0, 0.05) is 17.6 Å². The molecule has 0 amide bonds. The molecule has 0 aliphatic carbocycles. The Balaban J connectivity index is 1.94. The van der Waals surface area contributed by atoms with Crippen LogP contribution in [0, 0.1) is 0 Å². The van der Waals surface area contributed by atoms with Gasteiger partial charge in [-0.3, -0.25) is 4.90 Å². The molecule has 0 spiro atoms. The van der Waals surface area contributed by atoms with Crippen molar-refractivity contribution in [3.8, 4) is 0 Å². The van der Waals surface area contributed by atoms with E-state index >= 15 is 0 Å². The third kappa shape index (κ3) is 3.06. The van der Waals surface area contributed by atoms with E-state index in [0.717, 1.165) is 19.5 Å². The van der Waals surface area contributed by atoms with Crippen molar-refractivity contribution in [3.63, 3.8) is 0 Å². The summed E-state index contributed by atoms with van der Waals surface area (Å²) < 4.78 is 1.19. The molecule has 1 aromatic carbocycles. The van der Waals surface area contributed by atoms with Crippen LogP contribution in [0.15, 0.2) is 22.7 Å². The first-order valence-electron chi connectivity index (χ1n) is 5.99. The molecule has 0 saturated heterocycles. The Hall–Kier alpha value is -0.380. The molecular formula is C13H19BrN2. The average Bonchev–Trinajstić information content (AvgIpc) is 2.29. The molecule has 1 heterocycles. The Morgan fingerprint density at radius 1 is 1.25 bits per heavy atom. The van der Waals surface area contributed by atoms with Gasteiger partial charge in [0.1, 0.15) is 0 Å². The fraction of sp³-hybridized carbons (Fsp3) is 0.538. The zero-order valence-corrected chi connectivity index (χ0v) is 11.2. The summed E-state index contributed by atoms with van der Waals surface area (Å²) in [5.74, 6) is 0. The van der Waals surface area contributed by atoms with E-state index in [-0.39, 0.29) is 0 Å². The van der Waals surface area contributed by atoms with Crippen molar-refractivity contribution in [3.05, 3.63) is 33.8 Å². The lowest BCUT2D eigenvalue weighted by molar-refractivity contribution is 0.249. The molecule has 1 aromatic rings. The van der Waals surface area contributed by atoms with Crippen LogP contribution in [0.25, 0.3) is 0 Å². The third-order valence-corrected chi connectivity index (χ3v) is 3.68. The van der Waals surface area contributed by atoms with Crippen molar-refractivity contribution < 1.29 is 0 Å². The molecule has 3 heteroatoms. The van der Waals surface area contributed by atoms with Crippen LogP contribution >= 0.6 is 15.9 Å². The molecule has 0 atom stereocenters. The van der Waals surface area contributed by atoms with Crippen molar-refractivity contribution >= 4 is 15.9 Å². The molecule has 0 aromatic heterocycles. The number of halogens is 1. The van der Waals surface area contributed by atoms with Crippen molar-refractivity contribution in [2.75, 3.05) is 19.6 Å². The predicted molar refractivity (Wildman–Crippen MR) is 71.4 cm³/mol. The summed E-state index contributed by atoms with van der Waals surface area (Å²) in [5, 5.41) is 0. The lowest BCUT2D eigenvalue weighted by Gasteiger charge is -2.28. The standard InChI is InChI=1S/C13H19BrN2/c14-13-4-3-11-5-8-16(7-2-1-6-15)10-12(11)9-13/h3-4,9H,1-2,5-8,10,15H2. The van der Waals surface area contributed by atoms with E-state index in [1.165, 1.54) is 41.5 Å². The van der Waals surface area contributed by atoms with Crippen molar-refractivity contribution in [2.24, 2.45) is 5.73 Å². The van der Waals surface area contributed by atoms with Crippen molar-refractivity contribution in [2.45, 2.75) is 25.8 Å². The molecule has 2 N–H and O–H groups in total. The van der Waals surface area contributed by atoms with E-state index in [0.29, 0.717) is 0 Å². The Morgan fingerprint density at radius 2 is 2.12 bits per heavy atom. The quantitative estimate of drug-likeness (QED) is 0.860. The van der Waals surface area contributed by atoms with E-state index in [4.69, 9.17) is 5.73 Å². The molecule has 0 bridgehead atoms. The number of hydrogen-bond acceptors (Lipinski definition) is 2. The maximum atomic E-state index is 5.52. The molecule has 0 saturated carbocycles. The molecule has 0 unspecified atom stereocenters. The van der Waals surface area contributed by atoms with Gasteiger partial charge >= 0.3 is 0 Å². The summed E-state index contributed by atoms with van der Waals surface area (Å²) in [6, 6.07) is 6.64. The van der Waals surface area contributed by atoms with Gasteiger partial charge in [-0.25, -0.2) is 0 Å². The summed E-state index contributed by atoms with van der Waals surface area (Å²) in [7, 11) is 0. The summed E-state index contributed by atoms with van der Waals surface area (Å²) in [6.45, 7) is 4.29. The number of unbranched alkanes of at least 4 members (excludes halogenated alkanes) is 1. The molecule has 1 aliphatic rings. The van der Waals surface area contributed by atoms with Gasteiger partial charge in [0.05, 0.1) is 0 Å². The highest BCUT2D eigenvalue weighted by Crippen LogP contribution is 2.22. The van der Waals surface area contributed by atoms with Crippen LogP contribution in [0.3, 0.4) is 0 Å². The highest BCUT2D eigenvalue weighted by molar-refractivity contribution is 9.10. The van der Waals surface area contributed by atoms with Gasteiger partial charge < -0.3 is 5.73 Å². The first-order chi connectivity index (χ1) is 7.79. The van der Waals surface area contributed by atoms with Gasteiger partial charge in [-0.15, -0.1) is 0 Å². The Kier molecular flexibility index (Phi) is 4.38.